The Bertz CT molecular complexity index is 247. The van der Waals surface area contributed by atoms with E-state index in [4.69, 9.17) is 16.3 Å². The zero-order chi connectivity index (χ0) is 12.2. The van der Waals surface area contributed by atoms with Crippen molar-refractivity contribution >= 4 is 17.5 Å². The highest BCUT2D eigenvalue weighted by molar-refractivity contribution is 6.17. The second kappa shape index (κ2) is 5.37. The largest absolute Gasteiger partial charge is 0.365 e. The van der Waals surface area contributed by atoms with E-state index >= 15 is 0 Å². The van der Waals surface area contributed by atoms with Crippen LogP contribution in [0.3, 0.4) is 0 Å². The standard InChI is InChI=1S/C12H22ClNO2/c1-11(2,6-7-13)9-14-10(15)12(3)5-4-8-16-12/h4-9H2,1-3H3,(H,14,15). The van der Waals surface area contributed by atoms with Crippen molar-refractivity contribution in [3.63, 3.8) is 0 Å². The van der Waals surface area contributed by atoms with E-state index in [1.807, 2.05) is 6.92 Å². The summed E-state index contributed by atoms with van der Waals surface area (Å²) < 4.78 is 5.49. The summed E-state index contributed by atoms with van der Waals surface area (Å²) in [6.45, 7) is 7.41. The first-order chi connectivity index (χ1) is 7.40. The lowest BCUT2D eigenvalue weighted by Gasteiger charge is -2.27. The van der Waals surface area contributed by atoms with Gasteiger partial charge in [-0.3, -0.25) is 4.79 Å². The summed E-state index contributed by atoms with van der Waals surface area (Å²) in [6, 6.07) is 0. The second-order valence-electron chi connectivity index (χ2n) is 5.47. The van der Waals surface area contributed by atoms with Gasteiger partial charge in [0.05, 0.1) is 0 Å². The Morgan fingerprint density at radius 2 is 2.25 bits per heavy atom. The zero-order valence-corrected chi connectivity index (χ0v) is 11.2. The van der Waals surface area contributed by atoms with Crippen molar-refractivity contribution < 1.29 is 9.53 Å². The lowest BCUT2D eigenvalue weighted by Crippen LogP contribution is -2.46. The van der Waals surface area contributed by atoms with Gasteiger partial charge in [-0.15, -0.1) is 11.6 Å². The average Bonchev–Trinajstić information content (AvgIpc) is 2.63. The molecule has 16 heavy (non-hydrogen) atoms. The Morgan fingerprint density at radius 3 is 2.75 bits per heavy atom. The predicted octanol–water partition coefficient (Wildman–Crippen LogP) is 2.33. The molecule has 1 N–H and O–H groups in total. The first kappa shape index (κ1) is 13.8. The molecule has 0 spiro atoms. The molecule has 1 atom stereocenters. The van der Waals surface area contributed by atoms with Gasteiger partial charge in [-0.05, 0) is 31.6 Å². The van der Waals surface area contributed by atoms with Gasteiger partial charge in [0.2, 0.25) is 0 Å². The Balaban J connectivity index is 2.40. The fourth-order valence-corrected chi connectivity index (χ4v) is 2.32. The summed E-state index contributed by atoms with van der Waals surface area (Å²) in [6.07, 6.45) is 2.68. The maximum atomic E-state index is 11.9. The average molecular weight is 248 g/mol. The summed E-state index contributed by atoms with van der Waals surface area (Å²) in [4.78, 5) is 11.9. The molecule has 0 aliphatic carbocycles. The van der Waals surface area contributed by atoms with E-state index in [0.717, 1.165) is 19.3 Å². The highest BCUT2D eigenvalue weighted by atomic mass is 35.5. The van der Waals surface area contributed by atoms with Crippen molar-refractivity contribution in [2.24, 2.45) is 5.41 Å². The van der Waals surface area contributed by atoms with Gasteiger partial charge in [-0.2, -0.15) is 0 Å². The molecule has 4 heteroatoms. The van der Waals surface area contributed by atoms with Crippen LogP contribution in [-0.2, 0) is 9.53 Å². The molecule has 1 unspecified atom stereocenters. The van der Waals surface area contributed by atoms with Crippen molar-refractivity contribution in [1.82, 2.24) is 5.32 Å². The second-order valence-corrected chi connectivity index (χ2v) is 5.85. The van der Waals surface area contributed by atoms with Crippen LogP contribution in [0.1, 0.15) is 40.0 Å². The van der Waals surface area contributed by atoms with Crippen LogP contribution in [0, 0.1) is 5.41 Å². The number of hydrogen-bond acceptors (Lipinski definition) is 2. The molecule has 1 amide bonds. The van der Waals surface area contributed by atoms with Crippen molar-refractivity contribution in [3.8, 4) is 0 Å². The van der Waals surface area contributed by atoms with E-state index in [0.29, 0.717) is 19.0 Å². The number of amides is 1. The van der Waals surface area contributed by atoms with Crippen LogP contribution in [0.25, 0.3) is 0 Å². The van der Waals surface area contributed by atoms with Crippen LogP contribution in [-0.4, -0.2) is 30.5 Å². The third kappa shape index (κ3) is 3.63. The van der Waals surface area contributed by atoms with Crippen LogP contribution < -0.4 is 5.32 Å². The SMILES string of the molecule is CC(C)(CCCl)CNC(=O)C1(C)CCCO1. The van der Waals surface area contributed by atoms with Gasteiger partial charge in [0.25, 0.3) is 5.91 Å². The molecular weight excluding hydrogens is 226 g/mol. The molecule has 1 rings (SSSR count). The third-order valence-corrected chi connectivity index (χ3v) is 3.39. The fraction of sp³-hybridized carbons (Fsp3) is 0.917. The van der Waals surface area contributed by atoms with Crippen LogP contribution in [0.5, 0.6) is 0 Å². The normalized spacial score (nSPS) is 25.8. The van der Waals surface area contributed by atoms with Crippen molar-refractivity contribution in [2.45, 2.75) is 45.6 Å². The van der Waals surface area contributed by atoms with Gasteiger partial charge < -0.3 is 10.1 Å². The Labute approximate surface area is 103 Å². The summed E-state index contributed by atoms with van der Waals surface area (Å²) in [5.41, 5.74) is -0.566. The van der Waals surface area contributed by atoms with Gasteiger partial charge in [0.1, 0.15) is 5.60 Å². The Hall–Kier alpha value is -0.280. The van der Waals surface area contributed by atoms with Gasteiger partial charge >= 0.3 is 0 Å². The number of rotatable bonds is 5. The number of carbonyl (C=O) groups excluding carboxylic acids is 1. The minimum atomic E-state index is -0.614. The van der Waals surface area contributed by atoms with Crippen LogP contribution >= 0.6 is 11.6 Å². The minimum Gasteiger partial charge on any atom is -0.365 e. The van der Waals surface area contributed by atoms with Gasteiger partial charge in [-0.25, -0.2) is 0 Å². The molecule has 1 saturated heterocycles. The summed E-state index contributed by atoms with van der Waals surface area (Å²) in [5, 5.41) is 2.97. The Kier molecular flexibility index (Phi) is 4.62. The number of alkyl halides is 1. The maximum absolute atomic E-state index is 11.9. The molecule has 0 aromatic heterocycles. The van der Waals surface area contributed by atoms with E-state index in [1.54, 1.807) is 0 Å². The zero-order valence-electron chi connectivity index (χ0n) is 10.4. The molecule has 0 bridgehead atoms. The molecule has 1 heterocycles. The molecule has 0 radical (unpaired) electrons. The number of carbonyl (C=O) groups is 1. The van der Waals surface area contributed by atoms with Gasteiger partial charge in [0, 0.05) is 19.0 Å². The van der Waals surface area contributed by atoms with Crippen LogP contribution in [0.15, 0.2) is 0 Å². The highest BCUT2D eigenvalue weighted by Crippen LogP contribution is 2.26. The molecule has 1 aliphatic heterocycles. The number of halogens is 1. The maximum Gasteiger partial charge on any atom is 0.251 e. The quantitative estimate of drug-likeness (QED) is 0.758. The van der Waals surface area contributed by atoms with E-state index in [-0.39, 0.29) is 11.3 Å². The van der Waals surface area contributed by atoms with E-state index in [1.165, 1.54) is 0 Å². The lowest BCUT2D eigenvalue weighted by molar-refractivity contribution is -0.139. The van der Waals surface area contributed by atoms with E-state index < -0.39 is 5.60 Å². The Morgan fingerprint density at radius 1 is 1.56 bits per heavy atom. The third-order valence-electron chi connectivity index (χ3n) is 3.20. The van der Waals surface area contributed by atoms with Gasteiger partial charge in [0.15, 0.2) is 0 Å². The number of nitrogens with one attached hydrogen (secondary N) is 1. The van der Waals surface area contributed by atoms with E-state index in [2.05, 4.69) is 19.2 Å². The van der Waals surface area contributed by atoms with E-state index in [9.17, 15) is 4.79 Å². The molecular formula is C12H22ClNO2. The summed E-state index contributed by atoms with van der Waals surface area (Å²) >= 11 is 5.72. The molecule has 1 aliphatic rings. The van der Waals surface area contributed by atoms with Crippen LogP contribution in [0.4, 0.5) is 0 Å². The van der Waals surface area contributed by atoms with Crippen molar-refractivity contribution in [3.05, 3.63) is 0 Å². The summed E-state index contributed by atoms with van der Waals surface area (Å²) in [5.74, 6) is 0.629. The topological polar surface area (TPSA) is 38.3 Å². The smallest absolute Gasteiger partial charge is 0.251 e. The van der Waals surface area contributed by atoms with Crippen LogP contribution in [0.2, 0.25) is 0 Å². The highest BCUT2D eigenvalue weighted by Gasteiger charge is 2.38. The lowest BCUT2D eigenvalue weighted by atomic mass is 9.90. The van der Waals surface area contributed by atoms with Gasteiger partial charge in [-0.1, -0.05) is 13.8 Å². The van der Waals surface area contributed by atoms with Crippen molar-refractivity contribution in [2.75, 3.05) is 19.0 Å². The predicted molar refractivity (Wildman–Crippen MR) is 65.7 cm³/mol. The molecule has 3 nitrogen and oxygen atoms in total. The fourth-order valence-electron chi connectivity index (χ4n) is 1.81. The molecule has 0 aromatic carbocycles. The first-order valence-electron chi connectivity index (χ1n) is 5.88. The monoisotopic (exact) mass is 247 g/mol. The van der Waals surface area contributed by atoms with Crippen molar-refractivity contribution in [1.29, 1.82) is 0 Å². The number of ether oxygens (including phenoxy) is 1. The molecule has 1 fully saturated rings. The molecule has 0 aromatic rings. The molecule has 0 saturated carbocycles. The first-order valence-corrected chi connectivity index (χ1v) is 6.41. The minimum absolute atomic E-state index is 0.00708. The summed E-state index contributed by atoms with van der Waals surface area (Å²) in [7, 11) is 0. The molecule has 94 valence electrons. The number of hydrogen-bond donors (Lipinski definition) is 1.